The molecule has 3 heteroatoms. The van der Waals surface area contributed by atoms with E-state index in [4.69, 9.17) is 15.2 Å². The van der Waals surface area contributed by atoms with E-state index in [1.807, 2.05) is 18.2 Å². The van der Waals surface area contributed by atoms with Crippen LogP contribution in [0, 0.1) is 0 Å². The van der Waals surface area contributed by atoms with Crippen molar-refractivity contribution in [2.45, 2.75) is 31.5 Å². The number of nitrogens with two attached hydrogens (primary N) is 1. The van der Waals surface area contributed by atoms with E-state index in [1.54, 1.807) is 0 Å². The lowest BCUT2D eigenvalue weighted by atomic mass is 9.98. The highest BCUT2D eigenvalue weighted by Crippen LogP contribution is 2.30. The first kappa shape index (κ1) is 15.1. The topological polar surface area (TPSA) is 44.5 Å². The van der Waals surface area contributed by atoms with E-state index < -0.39 is 5.79 Å². The fraction of sp³-hybridized carbons (Fsp3) is 0.368. The molecule has 0 bridgehead atoms. The van der Waals surface area contributed by atoms with Crippen molar-refractivity contribution < 1.29 is 9.47 Å². The van der Waals surface area contributed by atoms with Gasteiger partial charge in [0.2, 0.25) is 0 Å². The number of benzene rings is 2. The van der Waals surface area contributed by atoms with Crippen molar-refractivity contribution in [1.29, 1.82) is 0 Å². The summed E-state index contributed by atoms with van der Waals surface area (Å²) < 4.78 is 11.9. The maximum atomic E-state index is 5.96. The van der Waals surface area contributed by atoms with Gasteiger partial charge in [0.05, 0.1) is 13.2 Å². The highest BCUT2D eigenvalue weighted by atomic mass is 16.7. The van der Waals surface area contributed by atoms with Gasteiger partial charge in [0.1, 0.15) is 0 Å². The van der Waals surface area contributed by atoms with Crippen molar-refractivity contribution in [3.05, 3.63) is 65.7 Å². The lowest BCUT2D eigenvalue weighted by molar-refractivity contribution is -0.161. The zero-order valence-electron chi connectivity index (χ0n) is 12.8. The first-order chi connectivity index (χ1) is 10.8. The molecule has 22 heavy (non-hydrogen) atoms. The van der Waals surface area contributed by atoms with Gasteiger partial charge in [-0.25, -0.2) is 0 Å². The average molecular weight is 297 g/mol. The Hall–Kier alpha value is -1.84. The van der Waals surface area contributed by atoms with Gasteiger partial charge in [-0.05, 0) is 36.1 Å². The standard InChI is InChI=1S/C19H23NO2/c20-18-10-8-16(9-11-18)7-4-12-19(21-13-14-22-19)15-17-5-2-1-3-6-17/h1-3,5-6,8-11H,4,7,12-15,20H2. The van der Waals surface area contributed by atoms with Crippen molar-refractivity contribution in [3.63, 3.8) is 0 Å². The SMILES string of the molecule is Nc1ccc(CCCC2(Cc3ccccc3)OCCO2)cc1. The van der Waals surface area contributed by atoms with Crippen molar-refractivity contribution in [2.75, 3.05) is 18.9 Å². The minimum absolute atomic E-state index is 0.449. The van der Waals surface area contributed by atoms with Gasteiger partial charge in [-0.2, -0.15) is 0 Å². The van der Waals surface area contributed by atoms with Crippen LogP contribution in [-0.2, 0) is 22.3 Å². The van der Waals surface area contributed by atoms with Crippen molar-refractivity contribution >= 4 is 5.69 Å². The molecule has 1 heterocycles. The lowest BCUT2D eigenvalue weighted by Crippen LogP contribution is -2.33. The number of rotatable bonds is 6. The van der Waals surface area contributed by atoms with Crippen LogP contribution in [0.5, 0.6) is 0 Å². The molecule has 116 valence electrons. The predicted octanol–water partition coefficient (Wildman–Crippen LogP) is 3.58. The summed E-state index contributed by atoms with van der Waals surface area (Å²) in [4.78, 5) is 0. The monoisotopic (exact) mass is 297 g/mol. The molecule has 2 aromatic carbocycles. The molecule has 0 saturated carbocycles. The summed E-state index contributed by atoms with van der Waals surface area (Å²) in [5.74, 6) is -0.449. The minimum Gasteiger partial charge on any atom is -0.399 e. The third kappa shape index (κ3) is 3.87. The molecular formula is C19H23NO2. The summed E-state index contributed by atoms with van der Waals surface area (Å²) in [6.07, 6.45) is 3.78. The molecule has 0 atom stereocenters. The molecule has 3 rings (SSSR count). The van der Waals surface area contributed by atoms with Gasteiger partial charge in [-0.15, -0.1) is 0 Å². The minimum atomic E-state index is -0.449. The smallest absolute Gasteiger partial charge is 0.172 e. The van der Waals surface area contributed by atoms with Gasteiger partial charge in [-0.3, -0.25) is 0 Å². The molecule has 2 aromatic rings. The number of anilines is 1. The van der Waals surface area contributed by atoms with Crippen LogP contribution in [0.15, 0.2) is 54.6 Å². The van der Waals surface area contributed by atoms with Crippen LogP contribution in [0.4, 0.5) is 5.69 Å². The Labute approximate surface area is 132 Å². The lowest BCUT2D eigenvalue weighted by Gasteiger charge is -2.27. The fourth-order valence-corrected chi connectivity index (χ4v) is 2.98. The zero-order valence-corrected chi connectivity index (χ0v) is 12.8. The Morgan fingerprint density at radius 3 is 2.23 bits per heavy atom. The second kappa shape index (κ2) is 6.95. The molecule has 2 N–H and O–H groups in total. The van der Waals surface area contributed by atoms with Crippen LogP contribution in [0.2, 0.25) is 0 Å². The molecule has 0 spiro atoms. The second-order valence-electron chi connectivity index (χ2n) is 5.87. The highest BCUT2D eigenvalue weighted by Gasteiger charge is 2.35. The molecule has 1 aliphatic rings. The van der Waals surface area contributed by atoms with E-state index in [1.165, 1.54) is 11.1 Å². The van der Waals surface area contributed by atoms with E-state index >= 15 is 0 Å². The molecule has 1 saturated heterocycles. The predicted molar refractivity (Wildman–Crippen MR) is 88.6 cm³/mol. The summed E-state index contributed by atoms with van der Waals surface area (Å²) in [5, 5.41) is 0. The van der Waals surface area contributed by atoms with Gasteiger partial charge in [-0.1, -0.05) is 42.5 Å². The van der Waals surface area contributed by atoms with E-state index in [2.05, 4.69) is 36.4 Å². The van der Waals surface area contributed by atoms with Gasteiger partial charge in [0, 0.05) is 18.5 Å². The van der Waals surface area contributed by atoms with E-state index in [-0.39, 0.29) is 0 Å². The van der Waals surface area contributed by atoms with Crippen molar-refractivity contribution in [3.8, 4) is 0 Å². The van der Waals surface area contributed by atoms with Crippen LogP contribution >= 0.6 is 0 Å². The van der Waals surface area contributed by atoms with Crippen molar-refractivity contribution in [2.24, 2.45) is 0 Å². The molecule has 1 aliphatic heterocycles. The molecule has 0 unspecified atom stereocenters. The Kier molecular flexibility index (Phi) is 4.76. The third-order valence-corrected chi connectivity index (χ3v) is 4.13. The Morgan fingerprint density at radius 2 is 1.55 bits per heavy atom. The fourth-order valence-electron chi connectivity index (χ4n) is 2.98. The van der Waals surface area contributed by atoms with Crippen LogP contribution in [0.1, 0.15) is 24.0 Å². The normalized spacial score (nSPS) is 16.7. The van der Waals surface area contributed by atoms with E-state index in [0.717, 1.165) is 31.4 Å². The summed E-state index contributed by atoms with van der Waals surface area (Å²) in [6.45, 7) is 1.38. The van der Waals surface area contributed by atoms with Crippen LogP contribution in [0.25, 0.3) is 0 Å². The molecule has 0 radical (unpaired) electrons. The average Bonchev–Trinajstić information content (AvgIpc) is 2.99. The van der Waals surface area contributed by atoms with Gasteiger partial charge >= 0.3 is 0 Å². The van der Waals surface area contributed by atoms with Crippen molar-refractivity contribution in [1.82, 2.24) is 0 Å². The first-order valence-corrected chi connectivity index (χ1v) is 7.92. The second-order valence-corrected chi connectivity index (χ2v) is 5.87. The Balaban J connectivity index is 1.58. The quantitative estimate of drug-likeness (QED) is 0.829. The number of hydrogen-bond donors (Lipinski definition) is 1. The molecular weight excluding hydrogens is 274 g/mol. The molecule has 0 amide bonds. The van der Waals surface area contributed by atoms with Crippen LogP contribution in [0.3, 0.4) is 0 Å². The van der Waals surface area contributed by atoms with E-state index in [0.29, 0.717) is 13.2 Å². The van der Waals surface area contributed by atoms with Crippen LogP contribution < -0.4 is 5.73 Å². The molecule has 0 aromatic heterocycles. The Morgan fingerprint density at radius 1 is 0.864 bits per heavy atom. The van der Waals surface area contributed by atoms with Crippen LogP contribution in [-0.4, -0.2) is 19.0 Å². The summed E-state index contributed by atoms with van der Waals surface area (Å²) in [7, 11) is 0. The molecule has 0 aliphatic carbocycles. The Bertz CT molecular complexity index is 574. The number of hydrogen-bond acceptors (Lipinski definition) is 3. The largest absolute Gasteiger partial charge is 0.399 e. The summed E-state index contributed by atoms with van der Waals surface area (Å²) in [5.41, 5.74) is 9.10. The third-order valence-electron chi connectivity index (χ3n) is 4.13. The number of nitrogen functional groups attached to an aromatic ring is 1. The number of aryl methyl sites for hydroxylation is 1. The number of ether oxygens (including phenoxy) is 2. The summed E-state index contributed by atoms with van der Waals surface area (Å²) >= 11 is 0. The van der Waals surface area contributed by atoms with Gasteiger partial charge in [0.25, 0.3) is 0 Å². The first-order valence-electron chi connectivity index (χ1n) is 7.92. The zero-order chi connectivity index (χ0) is 15.3. The maximum Gasteiger partial charge on any atom is 0.172 e. The maximum absolute atomic E-state index is 5.96. The van der Waals surface area contributed by atoms with Gasteiger partial charge < -0.3 is 15.2 Å². The summed E-state index contributed by atoms with van der Waals surface area (Å²) in [6, 6.07) is 18.5. The van der Waals surface area contributed by atoms with Gasteiger partial charge in [0.15, 0.2) is 5.79 Å². The molecule has 3 nitrogen and oxygen atoms in total. The van der Waals surface area contributed by atoms with E-state index in [9.17, 15) is 0 Å². The highest BCUT2D eigenvalue weighted by molar-refractivity contribution is 5.39. The molecule has 1 fully saturated rings.